The van der Waals surface area contributed by atoms with Crippen molar-refractivity contribution < 1.29 is 19.1 Å². The van der Waals surface area contributed by atoms with E-state index >= 15 is 0 Å². The molecule has 6 nitrogen and oxygen atoms in total. The van der Waals surface area contributed by atoms with Crippen LogP contribution in [0.2, 0.25) is 5.02 Å². The van der Waals surface area contributed by atoms with Gasteiger partial charge in [-0.3, -0.25) is 9.69 Å². The molecule has 1 heterocycles. The number of likely N-dealkylation sites (tertiary alicyclic amines) is 1. The molecular formula is C25H31ClN2O4. The summed E-state index contributed by atoms with van der Waals surface area (Å²) in [5.74, 6) is 0.379. The van der Waals surface area contributed by atoms with Crippen molar-refractivity contribution in [2.75, 3.05) is 20.2 Å². The summed E-state index contributed by atoms with van der Waals surface area (Å²) in [6, 6.07) is 14.3. The highest BCUT2D eigenvalue weighted by Crippen LogP contribution is 2.28. The molecule has 1 saturated heterocycles. The van der Waals surface area contributed by atoms with Crippen LogP contribution in [0.1, 0.15) is 55.6 Å². The van der Waals surface area contributed by atoms with Crippen LogP contribution in [0, 0.1) is 0 Å². The average Bonchev–Trinajstić information content (AvgIpc) is 3.22. The molecule has 0 bridgehead atoms. The maximum absolute atomic E-state index is 12.8. The van der Waals surface area contributed by atoms with Gasteiger partial charge in [0.15, 0.2) is 0 Å². The second kappa shape index (κ2) is 10.4. The number of ether oxygens (including phenoxy) is 2. The van der Waals surface area contributed by atoms with Crippen LogP contribution >= 0.6 is 11.6 Å². The summed E-state index contributed by atoms with van der Waals surface area (Å²) in [6.45, 7) is 7.74. The van der Waals surface area contributed by atoms with Gasteiger partial charge in [-0.1, -0.05) is 29.8 Å². The molecule has 1 aliphatic heterocycles. The molecular weight excluding hydrogens is 428 g/mol. The summed E-state index contributed by atoms with van der Waals surface area (Å²) in [5.41, 5.74) is 1.12. The highest BCUT2D eigenvalue weighted by atomic mass is 35.5. The Kier molecular flexibility index (Phi) is 7.80. The highest BCUT2D eigenvalue weighted by molar-refractivity contribution is 6.30. The minimum atomic E-state index is -0.377. The van der Waals surface area contributed by atoms with Gasteiger partial charge in [0.05, 0.1) is 18.7 Å². The molecule has 0 aromatic heterocycles. The largest absolute Gasteiger partial charge is 0.489 e. The van der Waals surface area contributed by atoms with Crippen LogP contribution in [0.5, 0.6) is 5.75 Å². The van der Waals surface area contributed by atoms with Gasteiger partial charge in [0.25, 0.3) is 0 Å². The number of methoxy groups -OCH3 is 1. The Morgan fingerprint density at radius 3 is 2.59 bits per heavy atom. The lowest BCUT2D eigenvalue weighted by molar-refractivity contribution is -0.124. The Morgan fingerprint density at radius 1 is 1.22 bits per heavy atom. The van der Waals surface area contributed by atoms with Crippen LogP contribution in [0.4, 0.5) is 0 Å². The molecule has 3 rings (SSSR count). The summed E-state index contributed by atoms with van der Waals surface area (Å²) in [7, 11) is 1.35. The van der Waals surface area contributed by atoms with Gasteiger partial charge < -0.3 is 14.8 Å². The lowest BCUT2D eigenvalue weighted by Gasteiger charge is -2.35. The fourth-order valence-electron chi connectivity index (χ4n) is 4.01. The third-order valence-electron chi connectivity index (χ3n) is 5.90. The Bertz CT molecular complexity index is 945. The Balaban J connectivity index is 1.52. The monoisotopic (exact) mass is 458 g/mol. The fourth-order valence-corrected chi connectivity index (χ4v) is 4.19. The molecule has 0 radical (unpaired) electrons. The molecule has 32 heavy (non-hydrogen) atoms. The third kappa shape index (κ3) is 6.24. The summed E-state index contributed by atoms with van der Waals surface area (Å²) >= 11 is 6.05. The van der Waals surface area contributed by atoms with Gasteiger partial charge in [-0.2, -0.15) is 0 Å². The number of esters is 1. The second-order valence-electron chi connectivity index (χ2n) is 8.82. The van der Waals surface area contributed by atoms with Crippen molar-refractivity contribution in [2.45, 2.75) is 51.3 Å². The number of carbonyl (C=O) groups is 2. The van der Waals surface area contributed by atoms with Gasteiger partial charge in [0, 0.05) is 30.1 Å². The van der Waals surface area contributed by atoms with Gasteiger partial charge in [-0.05, 0) is 63.1 Å². The third-order valence-corrected chi connectivity index (χ3v) is 6.14. The molecule has 1 aliphatic rings. The van der Waals surface area contributed by atoms with E-state index in [0.717, 1.165) is 30.8 Å². The number of rotatable bonds is 8. The molecule has 1 N–H and O–H groups in total. The fraction of sp³-hybridized carbons (Fsp3) is 0.440. The zero-order chi connectivity index (χ0) is 23.3. The molecule has 0 saturated carbocycles. The molecule has 0 spiro atoms. The number of amides is 1. The van der Waals surface area contributed by atoms with E-state index in [1.807, 2.05) is 43.3 Å². The van der Waals surface area contributed by atoms with Gasteiger partial charge in [-0.25, -0.2) is 4.79 Å². The summed E-state index contributed by atoms with van der Waals surface area (Å²) < 4.78 is 10.8. The topological polar surface area (TPSA) is 67.9 Å². The number of hydrogen-bond donors (Lipinski definition) is 1. The molecule has 2 aromatic carbocycles. The molecule has 7 heteroatoms. The molecule has 1 amide bonds. The van der Waals surface area contributed by atoms with E-state index in [2.05, 4.69) is 24.1 Å². The van der Waals surface area contributed by atoms with Crippen LogP contribution in [-0.4, -0.2) is 48.6 Å². The maximum Gasteiger partial charge on any atom is 0.337 e. The van der Waals surface area contributed by atoms with Crippen LogP contribution in [0.25, 0.3) is 0 Å². The first-order chi connectivity index (χ1) is 15.2. The predicted molar refractivity (Wildman–Crippen MR) is 125 cm³/mol. The minimum absolute atomic E-state index is 0.0150. The van der Waals surface area contributed by atoms with Crippen molar-refractivity contribution in [1.29, 1.82) is 0 Å². The van der Waals surface area contributed by atoms with Crippen LogP contribution < -0.4 is 10.1 Å². The van der Waals surface area contributed by atoms with E-state index in [1.165, 1.54) is 7.11 Å². The lowest BCUT2D eigenvalue weighted by Crippen LogP contribution is -2.46. The number of nitrogens with zero attached hydrogens (tertiary/aromatic N) is 1. The SMILES string of the molecule is COC(=O)c1ccc([C@H](C)NC(=O)CC(C)(C)N2CCC(Oc3cccc(Cl)c3)C2)cc1. The minimum Gasteiger partial charge on any atom is -0.489 e. The number of hydrogen-bond acceptors (Lipinski definition) is 5. The first kappa shape index (κ1) is 24.1. The highest BCUT2D eigenvalue weighted by Gasteiger charge is 2.36. The Morgan fingerprint density at radius 2 is 1.94 bits per heavy atom. The van der Waals surface area contributed by atoms with E-state index in [-0.39, 0.29) is 29.6 Å². The first-order valence-electron chi connectivity index (χ1n) is 10.8. The van der Waals surface area contributed by atoms with Crippen LogP contribution in [-0.2, 0) is 9.53 Å². The van der Waals surface area contributed by atoms with E-state index in [1.54, 1.807) is 12.1 Å². The Labute approximate surface area is 194 Å². The van der Waals surface area contributed by atoms with Crippen molar-refractivity contribution in [3.63, 3.8) is 0 Å². The van der Waals surface area contributed by atoms with Gasteiger partial charge in [0.1, 0.15) is 11.9 Å². The summed E-state index contributed by atoms with van der Waals surface area (Å²) in [6.07, 6.45) is 1.35. The summed E-state index contributed by atoms with van der Waals surface area (Å²) in [4.78, 5) is 26.7. The van der Waals surface area contributed by atoms with Crippen molar-refractivity contribution in [3.05, 3.63) is 64.7 Å². The number of carbonyl (C=O) groups excluding carboxylic acids is 2. The quantitative estimate of drug-likeness (QED) is 0.584. The van der Waals surface area contributed by atoms with Crippen molar-refractivity contribution in [1.82, 2.24) is 10.2 Å². The molecule has 2 aromatic rings. The lowest BCUT2D eigenvalue weighted by atomic mass is 9.97. The first-order valence-corrected chi connectivity index (χ1v) is 11.2. The molecule has 0 aliphatic carbocycles. The summed E-state index contributed by atoms with van der Waals surface area (Å²) in [5, 5.41) is 3.72. The van der Waals surface area contributed by atoms with Gasteiger partial charge in [-0.15, -0.1) is 0 Å². The molecule has 2 atom stereocenters. The maximum atomic E-state index is 12.8. The number of halogens is 1. The molecule has 1 unspecified atom stereocenters. The zero-order valence-electron chi connectivity index (χ0n) is 19.1. The van der Waals surface area contributed by atoms with Crippen molar-refractivity contribution in [3.8, 4) is 5.75 Å². The number of nitrogens with one attached hydrogen (secondary N) is 1. The van der Waals surface area contributed by atoms with Crippen molar-refractivity contribution >= 4 is 23.5 Å². The van der Waals surface area contributed by atoms with E-state index in [4.69, 9.17) is 21.1 Å². The van der Waals surface area contributed by atoms with Gasteiger partial charge >= 0.3 is 5.97 Å². The van der Waals surface area contributed by atoms with Crippen LogP contribution in [0.3, 0.4) is 0 Å². The average molecular weight is 459 g/mol. The van der Waals surface area contributed by atoms with E-state index in [0.29, 0.717) is 17.0 Å². The normalized spacial score (nSPS) is 17.6. The predicted octanol–water partition coefficient (Wildman–Crippen LogP) is 4.63. The second-order valence-corrected chi connectivity index (χ2v) is 9.26. The number of benzene rings is 2. The van der Waals surface area contributed by atoms with E-state index in [9.17, 15) is 9.59 Å². The van der Waals surface area contributed by atoms with Crippen molar-refractivity contribution in [2.24, 2.45) is 0 Å². The van der Waals surface area contributed by atoms with Crippen LogP contribution in [0.15, 0.2) is 48.5 Å². The standard InChI is InChI=1S/C25H31ClN2O4/c1-17(18-8-10-19(11-9-18)24(30)31-4)27-23(29)15-25(2,3)28-13-12-22(16-28)32-21-7-5-6-20(26)14-21/h5-11,14,17,22H,12-13,15-16H2,1-4H3,(H,27,29)/t17-,22?/m0/s1. The smallest absolute Gasteiger partial charge is 0.337 e. The van der Waals surface area contributed by atoms with Gasteiger partial charge in [0.2, 0.25) is 5.91 Å². The molecule has 172 valence electrons. The molecule has 1 fully saturated rings. The van der Waals surface area contributed by atoms with E-state index < -0.39 is 0 Å². The zero-order valence-corrected chi connectivity index (χ0v) is 19.8. The Hall–Kier alpha value is -2.57.